The molecule has 2 N–H and O–H groups in total. The number of nitrogens with zero attached hydrogens (tertiary/aromatic N) is 5. The summed E-state index contributed by atoms with van der Waals surface area (Å²) in [6.07, 6.45) is -1.69. The maximum Gasteiger partial charge on any atom is 0.297 e. The normalized spacial score (nSPS) is 21.3. The first-order valence-corrected chi connectivity index (χ1v) is 14.3. The van der Waals surface area contributed by atoms with Crippen LogP contribution in [-0.4, -0.2) is 67.0 Å². The van der Waals surface area contributed by atoms with Gasteiger partial charge in [0.25, 0.3) is 12.4 Å². The van der Waals surface area contributed by atoms with E-state index >= 15 is 0 Å². The Morgan fingerprint density at radius 3 is 2.69 bits per heavy atom. The highest BCUT2D eigenvalue weighted by molar-refractivity contribution is 6.42. The first kappa shape index (κ1) is 30.2. The molecular formula is C29H31Cl2F2N5O4. The van der Waals surface area contributed by atoms with Gasteiger partial charge in [0.2, 0.25) is 0 Å². The number of hydrogen-bond acceptors (Lipinski definition) is 7. The fraction of sp³-hybridized carbons (Fsp3) is 0.414. The number of furan rings is 1. The van der Waals surface area contributed by atoms with E-state index in [1.165, 1.54) is 0 Å². The van der Waals surface area contributed by atoms with Gasteiger partial charge in [-0.15, -0.1) is 0 Å². The summed E-state index contributed by atoms with van der Waals surface area (Å²) in [4.78, 5) is 16.9. The van der Waals surface area contributed by atoms with Gasteiger partial charge in [-0.3, -0.25) is 4.90 Å². The highest BCUT2D eigenvalue weighted by Gasteiger charge is 2.36. The Bertz CT molecular complexity index is 1600. The zero-order valence-electron chi connectivity index (χ0n) is 23.1. The first-order chi connectivity index (χ1) is 19.8. The Hall–Kier alpha value is -3.25. The van der Waals surface area contributed by atoms with Gasteiger partial charge in [-0.25, -0.2) is 23.7 Å². The molecule has 0 spiro atoms. The summed E-state index contributed by atoms with van der Waals surface area (Å²) < 4.78 is 46.0. The topological polar surface area (TPSA) is 108 Å². The number of halogens is 4. The second-order valence-electron chi connectivity index (χ2n) is 10.3. The van der Waals surface area contributed by atoms with E-state index in [2.05, 4.69) is 26.8 Å². The van der Waals surface area contributed by atoms with Gasteiger partial charge in [-0.2, -0.15) is 0 Å². The van der Waals surface area contributed by atoms with Crippen LogP contribution in [0.2, 0.25) is 10.0 Å². The molecule has 13 heteroatoms. The average Bonchev–Trinajstić information content (AvgIpc) is 3.59. The molecule has 6 rings (SSSR count). The van der Waals surface area contributed by atoms with Gasteiger partial charge in [0.05, 0.1) is 23.2 Å². The molecule has 2 saturated heterocycles. The number of aromatic nitrogens is 2. The van der Waals surface area contributed by atoms with Crippen molar-refractivity contribution in [2.75, 3.05) is 43.2 Å². The van der Waals surface area contributed by atoms with E-state index in [0.717, 1.165) is 12.1 Å². The lowest BCUT2D eigenvalue weighted by Crippen LogP contribution is -2.50. The molecule has 4 heterocycles. The number of alkyl halides is 2. The molecule has 2 aromatic carbocycles. The number of benzene rings is 2. The van der Waals surface area contributed by atoms with Crippen LogP contribution >= 0.6 is 23.2 Å². The molecule has 42 heavy (non-hydrogen) atoms. The summed E-state index contributed by atoms with van der Waals surface area (Å²) in [5.41, 5.74) is 2.14. The van der Waals surface area contributed by atoms with Gasteiger partial charge in [-0.05, 0) is 36.8 Å². The summed E-state index contributed by atoms with van der Waals surface area (Å²) in [7, 11) is 1.69. The fourth-order valence-corrected chi connectivity index (χ4v) is 5.91. The summed E-state index contributed by atoms with van der Waals surface area (Å²) in [6.45, 7) is 4.31. The van der Waals surface area contributed by atoms with Gasteiger partial charge in [-0.1, -0.05) is 42.3 Å². The van der Waals surface area contributed by atoms with Crippen molar-refractivity contribution in [3.63, 3.8) is 0 Å². The number of ether oxygens (including phenoxy) is 2. The van der Waals surface area contributed by atoms with Crippen molar-refractivity contribution in [1.29, 1.82) is 0 Å². The highest BCUT2D eigenvalue weighted by Crippen LogP contribution is 2.37. The molecule has 0 bridgehead atoms. The summed E-state index contributed by atoms with van der Waals surface area (Å²) in [5, 5.41) is 1.57. The molecule has 0 aliphatic carbocycles. The van der Waals surface area contributed by atoms with Gasteiger partial charge in [0.15, 0.2) is 17.2 Å². The van der Waals surface area contributed by atoms with Crippen molar-refractivity contribution in [2.24, 2.45) is 10.9 Å². The predicted molar refractivity (Wildman–Crippen MR) is 160 cm³/mol. The van der Waals surface area contributed by atoms with E-state index in [9.17, 15) is 8.78 Å². The van der Waals surface area contributed by atoms with Crippen molar-refractivity contribution in [1.82, 2.24) is 9.97 Å². The third-order valence-corrected chi connectivity index (χ3v) is 8.38. The molecule has 0 radical (unpaired) electrons. The van der Waals surface area contributed by atoms with Gasteiger partial charge < -0.3 is 24.3 Å². The van der Waals surface area contributed by atoms with Gasteiger partial charge in [0, 0.05) is 49.7 Å². The van der Waals surface area contributed by atoms with E-state index < -0.39 is 12.2 Å². The number of fused-ring (bicyclic) bond motifs is 3. The Balaban J connectivity index is 0.00000353. The molecule has 0 amide bonds. The molecule has 2 aromatic heterocycles. The Labute approximate surface area is 251 Å². The standard InChI is InChI=1S/C29H29Cl2F2N5O3.H2O/c1-16-15-39-12-10-22(16)38(17-7-8-20(30)21(31)13-17)29(34-2)40-18-9-11-37(14-18)28-25-24(35-27(36-28)26(32)33)19-5-3-4-6-23(19)41-25;/h3-8,13,16,18,22,26H,9-12,14-15H2,1-2H3;1H2/t16?,18-,22+;/m0./s1. The minimum atomic E-state index is -2.82. The van der Waals surface area contributed by atoms with Crippen molar-refractivity contribution in [3.8, 4) is 0 Å². The minimum absolute atomic E-state index is 0. The van der Waals surface area contributed by atoms with E-state index in [-0.39, 0.29) is 23.5 Å². The second kappa shape index (κ2) is 12.5. The van der Waals surface area contributed by atoms with Crippen LogP contribution in [0.4, 0.5) is 20.3 Å². The molecule has 2 aliphatic rings. The fourth-order valence-electron chi connectivity index (χ4n) is 5.62. The molecule has 4 aromatic rings. The molecular weight excluding hydrogens is 591 g/mol. The van der Waals surface area contributed by atoms with Gasteiger partial charge >= 0.3 is 0 Å². The third kappa shape index (κ3) is 5.70. The molecule has 3 atom stereocenters. The van der Waals surface area contributed by atoms with E-state index in [1.807, 2.05) is 35.2 Å². The monoisotopic (exact) mass is 621 g/mol. The number of anilines is 2. The number of rotatable bonds is 5. The SMILES string of the molecule is CN=C(O[C@H]1CCN(c2nc(C(F)F)nc3c2oc2ccccc23)C1)N(c1ccc(Cl)c(Cl)c1)[C@@H]1CCOCC1C.O. The third-order valence-electron chi connectivity index (χ3n) is 7.64. The lowest BCUT2D eigenvalue weighted by molar-refractivity contribution is 0.0478. The lowest BCUT2D eigenvalue weighted by atomic mass is 9.95. The van der Waals surface area contributed by atoms with Crippen LogP contribution in [0.15, 0.2) is 51.9 Å². The lowest BCUT2D eigenvalue weighted by Gasteiger charge is -2.40. The van der Waals surface area contributed by atoms with Crippen LogP contribution in [0.5, 0.6) is 0 Å². The number of para-hydroxylation sites is 1. The van der Waals surface area contributed by atoms with Crippen molar-refractivity contribution >= 4 is 62.8 Å². The van der Waals surface area contributed by atoms with E-state index in [0.29, 0.717) is 76.7 Å². The highest BCUT2D eigenvalue weighted by atomic mass is 35.5. The zero-order valence-corrected chi connectivity index (χ0v) is 24.6. The van der Waals surface area contributed by atoms with Crippen LogP contribution in [0, 0.1) is 5.92 Å². The quantitative estimate of drug-likeness (QED) is 0.190. The maximum absolute atomic E-state index is 13.8. The van der Waals surface area contributed by atoms with Crippen LogP contribution in [0.3, 0.4) is 0 Å². The number of hydrogen-bond donors (Lipinski definition) is 0. The minimum Gasteiger partial charge on any atom is -0.460 e. The largest absolute Gasteiger partial charge is 0.460 e. The van der Waals surface area contributed by atoms with E-state index in [4.69, 9.17) is 37.1 Å². The smallest absolute Gasteiger partial charge is 0.297 e. The molecule has 0 saturated carbocycles. The predicted octanol–water partition coefficient (Wildman–Crippen LogP) is 6.31. The average molecular weight is 622 g/mol. The molecule has 9 nitrogen and oxygen atoms in total. The first-order valence-electron chi connectivity index (χ1n) is 13.5. The summed E-state index contributed by atoms with van der Waals surface area (Å²) in [5.74, 6) is 0.00860. The number of aliphatic imine (C=N–C) groups is 1. The Kier molecular flexibility index (Phi) is 9.03. The molecule has 2 aliphatic heterocycles. The number of amidine groups is 1. The van der Waals surface area contributed by atoms with Crippen LogP contribution < -0.4 is 9.80 Å². The molecule has 2 fully saturated rings. The van der Waals surface area contributed by atoms with Gasteiger partial charge in [0.1, 0.15) is 17.2 Å². The Morgan fingerprint density at radius 1 is 1.14 bits per heavy atom. The van der Waals surface area contributed by atoms with Crippen LogP contribution in [0.1, 0.15) is 32.0 Å². The summed E-state index contributed by atoms with van der Waals surface area (Å²) >= 11 is 12.6. The van der Waals surface area contributed by atoms with Crippen molar-refractivity contribution in [2.45, 2.75) is 38.3 Å². The molecule has 1 unspecified atom stereocenters. The van der Waals surface area contributed by atoms with Crippen molar-refractivity contribution < 1.29 is 28.1 Å². The van der Waals surface area contributed by atoms with E-state index in [1.54, 1.807) is 19.2 Å². The zero-order chi connectivity index (χ0) is 28.7. The van der Waals surface area contributed by atoms with Crippen LogP contribution in [0.25, 0.3) is 22.1 Å². The Morgan fingerprint density at radius 2 is 1.95 bits per heavy atom. The second-order valence-corrected chi connectivity index (χ2v) is 11.2. The van der Waals surface area contributed by atoms with Crippen LogP contribution in [-0.2, 0) is 9.47 Å². The van der Waals surface area contributed by atoms with Crippen molar-refractivity contribution in [3.05, 3.63) is 58.3 Å². The molecule has 224 valence electrons. The maximum atomic E-state index is 13.8. The summed E-state index contributed by atoms with van der Waals surface area (Å²) in [6, 6.07) is 13.2.